The van der Waals surface area contributed by atoms with Crippen LogP contribution in [-0.4, -0.2) is 41.8 Å². The van der Waals surface area contributed by atoms with Crippen molar-refractivity contribution in [3.63, 3.8) is 0 Å². The quantitative estimate of drug-likeness (QED) is 0.632. The normalized spacial score (nSPS) is 40.2. The molecule has 0 aromatic heterocycles. The van der Waals surface area contributed by atoms with Crippen molar-refractivity contribution < 1.29 is 24.5 Å². The maximum Gasteiger partial charge on any atom is 0.364 e. The van der Waals surface area contributed by atoms with E-state index >= 15 is 0 Å². The number of ether oxygens (including phenoxy) is 2. The highest BCUT2D eigenvalue weighted by Crippen LogP contribution is 2.29. The van der Waals surface area contributed by atoms with Gasteiger partial charge in [0.1, 0.15) is 0 Å². The summed E-state index contributed by atoms with van der Waals surface area (Å²) in [5.41, 5.74) is 0. The van der Waals surface area contributed by atoms with Gasteiger partial charge < -0.3 is 19.7 Å². The molecular formula is C8H14O5. The van der Waals surface area contributed by atoms with Crippen LogP contribution in [0.4, 0.5) is 0 Å². The van der Waals surface area contributed by atoms with Gasteiger partial charge in [0, 0.05) is 19.4 Å². The lowest BCUT2D eigenvalue weighted by atomic mass is 9.94. The summed E-state index contributed by atoms with van der Waals surface area (Å²) in [6.45, 7) is 1.99. The molecule has 1 aliphatic rings. The van der Waals surface area contributed by atoms with E-state index < -0.39 is 17.9 Å². The molecule has 1 saturated heterocycles. The fraction of sp³-hybridized carbons (Fsp3) is 0.875. The van der Waals surface area contributed by atoms with Gasteiger partial charge in [0.25, 0.3) is 5.79 Å². The third-order valence-corrected chi connectivity index (χ3v) is 2.37. The SMILES string of the molecule is COC1(C(=O)O)CC(O)C(C)CO1. The van der Waals surface area contributed by atoms with Crippen LogP contribution in [0.3, 0.4) is 0 Å². The van der Waals surface area contributed by atoms with E-state index in [1.54, 1.807) is 6.92 Å². The Hall–Kier alpha value is -0.650. The van der Waals surface area contributed by atoms with E-state index in [2.05, 4.69) is 0 Å². The third-order valence-electron chi connectivity index (χ3n) is 2.37. The number of carboxylic acid groups (broad SMARTS) is 1. The maximum absolute atomic E-state index is 10.8. The molecule has 76 valence electrons. The lowest BCUT2D eigenvalue weighted by molar-refractivity contribution is -0.269. The summed E-state index contributed by atoms with van der Waals surface area (Å²) in [6, 6.07) is 0. The first-order valence-electron chi connectivity index (χ1n) is 4.12. The molecule has 3 atom stereocenters. The van der Waals surface area contributed by atoms with Crippen LogP contribution in [0.15, 0.2) is 0 Å². The van der Waals surface area contributed by atoms with Crippen LogP contribution in [-0.2, 0) is 14.3 Å². The Morgan fingerprint density at radius 2 is 2.31 bits per heavy atom. The second-order valence-electron chi connectivity index (χ2n) is 3.32. The van der Waals surface area contributed by atoms with Gasteiger partial charge in [-0.05, 0) is 0 Å². The minimum atomic E-state index is -1.66. The van der Waals surface area contributed by atoms with Gasteiger partial charge in [-0.25, -0.2) is 4.79 Å². The van der Waals surface area contributed by atoms with E-state index in [9.17, 15) is 9.90 Å². The molecule has 1 aliphatic heterocycles. The molecule has 0 amide bonds. The minimum absolute atomic E-state index is 0.0278. The van der Waals surface area contributed by atoms with Crippen molar-refractivity contribution in [1.29, 1.82) is 0 Å². The molecule has 3 unspecified atom stereocenters. The van der Waals surface area contributed by atoms with Gasteiger partial charge in [0.15, 0.2) is 0 Å². The first-order valence-corrected chi connectivity index (χ1v) is 4.12. The zero-order valence-corrected chi connectivity index (χ0v) is 7.69. The number of aliphatic carboxylic acids is 1. The Morgan fingerprint density at radius 1 is 1.69 bits per heavy atom. The van der Waals surface area contributed by atoms with E-state index in [0.717, 1.165) is 0 Å². The van der Waals surface area contributed by atoms with Gasteiger partial charge in [0.05, 0.1) is 12.7 Å². The van der Waals surface area contributed by atoms with Crippen LogP contribution in [0.1, 0.15) is 13.3 Å². The summed E-state index contributed by atoms with van der Waals surface area (Å²) in [5, 5.41) is 18.3. The predicted molar refractivity (Wildman–Crippen MR) is 43.1 cm³/mol. The lowest BCUT2D eigenvalue weighted by Gasteiger charge is -2.37. The Balaban J connectivity index is 2.74. The van der Waals surface area contributed by atoms with Gasteiger partial charge in [-0.2, -0.15) is 0 Å². The standard InChI is InChI=1S/C8H14O5/c1-5-4-13-8(12-2,7(10)11)3-6(5)9/h5-6,9H,3-4H2,1-2H3,(H,10,11). The minimum Gasteiger partial charge on any atom is -0.477 e. The molecule has 0 aromatic carbocycles. The summed E-state index contributed by atoms with van der Waals surface area (Å²) in [5.74, 6) is -2.91. The van der Waals surface area contributed by atoms with Crippen molar-refractivity contribution in [2.45, 2.75) is 25.2 Å². The summed E-state index contributed by atoms with van der Waals surface area (Å²) >= 11 is 0. The van der Waals surface area contributed by atoms with Crippen molar-refractivity contribution in [2.75, 3.05) is 13.7 Å². The van der Waals surface area contributed by atoms with Crippen LogP contribution in [0.5, 0.6) is 0 Å². The van der Waals surface area contributed by atoms with E-state index in [-0.39, 0.29) is 18.9 Å². The first kappa shape index (κ1) is 10.4. The lowest BCUT2D eigenvalue weighted by Crippen LogP contribution is -2.52. The molecule has 0 aromatic rings. The Kier molecular flexibility index (Phi) is 2.90. The van der Waals surface area contributed by atoms with Gasteiger partial charge >= 0.3 is 5.97 Å². The van der Waals surface area contributed by atoms with Crippen LogP contribution in [0.25, 0.3) is 0 Å². The first-order chi connectivity index (χ1) is 6.02. The number of methoxy groups -OCH3 is 1. The maximum atomic E-state index is 10.8. The zero-order chi connectivity index (χ0) is 10.1. The summed E-state index contributed by atoms with van der Waals surface area (Å²) in [4.78, 5) is 10.8. The largest absolute Gasteiger partial charge is 0.477 e. The highest BCUT2D eigenvalue weighted by atomic mass is 16.7. The topological polar surface area (TPSA) is 76.0 Å². The number of carbonyl (C=O) groups is 1. The molecule has 5 nitrogen and oxygen atoms in total. The highest BCUT2D eigenvalue weighted by molar-refractivity contribution is 5.75. The number of hydrogen-bond donors (Lipinski definition) is 2. The van der Waals surface area contributed by atoms with Crippen molar-refractivity contribution in [3.8, 4) is 0 Å². The van der Waals surface area contributed by atoms with E-state index in [1.807, 2.05) is 0 Å². The van der Waals surface area contributed by atoms with Gasteiger partial charge in [-0.1, -0.05) is 6.92 Å². The molecule has 5 heteroatoms. The average molecular weight is 190 g/mol. The molecule has 0 bridgehead atoms. The van der Waals surface area contributed by atoms with Crippen LogP contribution >= 0.6 is 0 Å². The van der Waals surface area contributed by atoms with Gasteiger partial charge in [-0.15, -0.1) is 0 Å². The van der Waals surface area contributed by atoms with E-state index in [0.29, 0.717) is 0 Å². The van der Waals surface area contributed by atoms with Gasteiger partial charge in [0.2, 0.25) is 0 Å². The number of aliphatic hydroxyl groups is 1. The number of rotatable bonds is 2. The molecule has 2 N–H and O–H groups in total. The second kappa shape index (κ2) is 3.61. The molecule has 0 saturated carbocycles. The average Bonchev–Trinajstić information content (AvgIpc) is 2.09. The molecule has 1 fully saturated rings. The molecule has 13 heavy (non-hydrogen) atoms. The summed E-state index contributed by atoms with van der Waals surface area (Å²) < 4.78 is 9.85. The Labute approximate surface area is 76.3 Å². The van der Waals surface area contributed by atoms with Crippen molar-refractivity contribution in [1.82, 2.24) is 0 Å². The van der Waals surface area contributed by atoms with Crippen LogP contribution in [0.2, 0.25) is 0 Å². The molecule has 1 rings (SSSR count). The molecule has 0 spiro atoms. The monoisotopic (exact) mass is 190 g/mol. The predicted octanol–water partition coefficient (Wildman–Crippen LogP) is -0.169. The smallest absolute Gasteiger partial charge is 0.364 e. The van der Waals surface area contributed by atoms with Crippen molar-refractivity contribution in [3.05, 3.63) is 0 Å². The number of carboxylic acids is 1. The molecule has 1 heterocycles. The van der Waals surface area contributed by atoms with Gasteiger partial charge in [-0.3, -0.25) is 0 Å². The summed E-state index contributed by atoms with van der Waals surface area (Å²) in [7, 11) is 1.26. The molecule has 0 aliphatic carbocycles. The second-order valence-corrected chi connectivity index (χ2v) is 3.32. The van der Waals surface area contributed by atoms with Crippen LogP contribution in [0, 0.1) is 5.92 Å². The van der Waals surface area contributed by atoms with Crippen molar-refractivity contribution in [2.24, 2.45) is 5.92 Å². The number of hydrogen-bond acceptors (Lipinski definition) is 4. The third kappa shape index (κ3) is 1.82. The molecular weight excluding hydrogens is 176 g/mol. The van der Waals surface area contributed by atoms with E-state index in [4.69, 9.17) is 14.6 Å². The Morgan fingerprint density at radius 3 is 2.69 bits per heavy atom. The summed E-state index contributed by atoms with van der Waals surface area (Å²) in [6.07, 6.45) is -0.718. The van der Waals surface area contributed by atoms with E-state index in [1.165, 1.54) is 7.11 Å². The van der Waals surface area contributed by atoms with Crippen molar-refractivity contribution >= 4 is 5.97 Å². The fourth-order valence-corrected chi connectivity index (χ4v) is 1.29. The highest BCUT2D eigenvalue weighted by Gasteiger charge is 2.46. The Bertz CT molecular complexity index is 205. The van der Waals surface area contributed by atoms with Crippen LogP contribution < -0.4 is 0 Å². The fourth-order valence-electron chi connectivity index (χ4n) is 1.29. The zero-order valence-electron chi connectivity index (χ0n) is 7.69. The number of aliphatic hydroxyl groups excluding tert-OH is 1. The molecule has 0 radical (unpaired) electrons.